The number of aromatic nitrogens is 1. The van der Waals surface area contributed by atoms with Crippen LogP contribution in [0.3, 0.4) is 0 Å². The number of nitrogens with zero attached hydrogens (tertiary/aromatic N) is 1. The molecular weight excluding hydrogens is 372 g/mol. The van der Waals surface area contributed by atoms with Crippen molar-refractivity contribution in [2.24, 2.45) is 0 Å². The minimum Gasteiger partial charge on any atom is -0.465 e. The van der Waals surface area contributed by atoms with Crippen LogP contribution in [0.25, 0.3) is 0 Å². The zero-order chi connectivity index (χ0) is 21.4. The normalized spacial score (nSPS) is 10.5. The van der Waals surface area contributed by atoms with Gasteiger partial charge in [-0.3, -0.25) is 4.79 Å². The second kappa shape index (κ2) is 10.4. The summed E-state index contributed by atoms with van der Waals surface area (Å²) < 4.78 is 11.2. The van der Waals surface area contributed by atoms with Crippen molar-refractivity contribution in [3.63, 3.8) is 0 Å². The summed E-state index contributed by atoms with van der Waals surface area (Å²) in [5.74, 6) is -1.00. The van der Waals surface area contributed by atoms with Gasteiger partial charge in [0, 0.05) is 17.8 Å². The zero-order valence-electron chi connectivity index (χ0n) is 17.2. The van der Waals surface area contributed by atoms with Gasteiger partial charge in [0.1, 0.15) is 0 Å². The van der Waals surface area contributed by atoms with Gasteiger partial charge in [0.05, 0.1) is 25.3 Å². The Labute approximate surface area is 170 Å². The monoisotopic (exact) mass is 399 g/mol. The maximum Gasteiger partial charge on any atom is 0.337 e. The van der Waals surface area contributed by atoms with Gasteiger partial charge in [-0.1, -0.05) is 13.8 Å². The van der Waals surface area contributed by atoms with E-state index in [1.54, 1.807) is 4.57 Å². The molecule has 0 saturated carbocycles. The van der Waals surface area contributed by atoms with Crippen molar-refractivity contribution in [1.82, 2.24) is 0 Å². The molecule has 0 aliphatic heterocycles. The van der Waals surface area contributed by atoms with Gasteiger partial charge in [0.15, 0.2) is 12.4 Å². The summed E-state index contributed by atoms with van der Waals surface area (Å²) in [6.45, 7) is 4.42. The minimum absolute atomic E-state index is 0.0964. The average Bonchev–Trinajstić information content (AvgIpc) is 2.74. The molecule has 2 aromatic rings. The first-order valence-electron chi connectivity index (χ1n) is 9.52. The van der Waals surface area contributed by atoms with E-state index in [0.717, 1.165) is 12.8 Å². The van der Waals surface area contributed by atoms with Crippen LogP contribution >= 0.6 is 0 Å². The molecule has 0 radical (unpaired) electrons. The smallest absolute Gasteiger partial charge is 0.337 e. The Morgan fingerprint density at radius 1 is 0.931 bits per heavy atom. The highest BCUT2D eigenvalue weighted by Gasteiger charge is 2.17. The second-order valence-electron chi connectivity index (χ2n) is 6.65. The molecule has 1 aromatic heterocycles. The first-order valence-corrected chi connectivity index (χ1v) is 9.52. The van der Waals surface area contributed by atoms with E-state index < -0.39 is 11.9 Å². The van der Waals surface area contributed by atoms with Gasteiger partial charge < -0.3 is 14.8 Å². The summed E-state index contributed by atoms with van der Waals surface area (Å²) in [6.07, 6.45) is 5.89. The van der Waals surface area contributed by atoms with Crippen molar-refractivity contribution in [2.45, 2.75) is 39.2 Å². The van der Waals surface area contributed by atoms with Crippen LogP contribution in [-0.4, -0.2) is 32.1 Å². The highest BCUT2D eigenvalue weighted by molar-refractivity contribution is 5.99. The number of carbonyl (C=O) groups is 3. The fourth-order valence-electron chi connectivity index (χ4n) is 3.14. The largest absolute Gasteiger partial charge is 0.465 e. The fourth-order valence-corrected chi connectivity index (χ4v) is 3.14. The van der Waals surface area contributed by atoms with E-state index in [-0.39, 0.29) is 23.6 Å². The van der Waals surface area contributed by atoms with Crippen LogP contribution in [0.1, 0.15) is 58.9 Å². The number of hydrogen-bond donors (Lipinski definition) is 1. The predicted octanol–water partition coefficient (Wildman–Crippen LogP) is 3.09. The Bertz CT molecular complexity index is 839. The van der Waals surface area contributed by atoms with Crippen molar-refractivity contribution in [3.05, 3.63) is 59.4 Å². The van der Waals surface area contributed by atoms with Crippen LogP contribution in [0.15, 0.2) is 42.7 Å². The van der Waals surface area contributed by atoms with Crippen LogP contribution in [0, 0.1) is 0 Å². The molecular formula is C22H27N2O5+. The zero-order valence-corrected chi connectivity index (χ0v) is 17.2. The molecule has 2 rings (SSSR count). The molecule has 7 heteroatoms. The molecule has 0 spiro atoms. The predicted molar refractivity (Wildman–Crippen MR) is 108 cm³/mol. The Morgan fingerprint density at radius 3 is 1.90 bits per heavy atom. The highest BCUT2D eigenvalue weighted by Crippen LogP contribution is 2.21. The minimum atomic E-state index is -0.613. The lowest BCUT2D eigenvalue weighted by Crippen LogP contribution is -2.39. The van der Waals surface area contributed by atoms with Crippen LogP contribution in [-0.2, 0) is 20.8 Å². The first-order chi connectivity index (χ1) is 13.9. The molecule has 29 heavy (non-hydrogen) atoms. The maximum absolute atomic E-state index is 12.5. The number of methoxy groups -OCH3 is 2. The number of pyridine rings is 1. The Hall–Kier alpha value is -3.22. The van der Waals surface area contributed by atoms with E-state index in [2.05, 4.69) is 19.2 Å². The van der Waals surface area contributed by atoms with E-state index in [4.69, 9.17) is 9.47 Å². The number of anilines is 1. The van der Waals surface area contributed by atoms with E-state index in [1.165, 1.54) is 38.0 Å². The van der Waals surface area contributed by atoms with Crippen molar-refractivity contribution in [1.29, 1.82) is 0 Å². The van der Waals surface area contributed by atoms with Gasteiger partial charge in [-0.2, -0.15) is 4.57 Å². The number of carbonyl (C=O) groups excluding carboxylic acids is 3. The third-order valence-corrected chi connectivity index (χ3v) is 4.76. The van der Waals surface area contributed by atoms with Crippen molar-refractivity contribution in [3.8, 4) is 0 Å². The van der Waals surface area contributed by atoms with E-state index in [1.807, 2.05) is 24.5 Å². The quantitative estimate of drug-likeness (QED) is 0.545. The number of hydrogen-bond acceptors (Lipinski definition) is 5. The Kier molecular flexibility index (Phi) is 7.88. The topological polar surface area (TPSA) is 85.6 Å². The van der Waals surface area contributed by atoms with E-state index >= 15 is 0 Å². The van der Waals surface area contributed by atoms with E-state index in [0.29, 0.717) is 11.6 Å². The van der Waals surface area contributed by atoms with Gasteiger partial charge >= 0.3 is 11.9 Å². The van der Waals surface area contributed by atoms with Crippen molar-refractivity contribution >= 4 is 23.5 Å². The molecule has 0 fully saturated rings. The molecule has 0 atom stereocenters. The Morgan fingerprint density at radius 2 is 1.45 bits per heavy atom. The summed E-state index contributed by atoms with van der Waals surface area (Å²) in [6, 6.07) is 8.32. The SMILES string of the molecule is CCC(CC)c1cc[n+](CC(=O)Nc2cc(C(=O)OC)cc(C(=O)OC)c2)cc1. The van der Waals surface area contributed by atoms with Gasteiger partial charge in [-0.25, -0.2) is 9.59 Å². The number of amides is 1. The lowest BCUT2D eigenvalue weighted by molar-refractivity contribution is -0.684. The summed E-state index contributed by atoms with van der Waals surface area (Å²) in [5.41, 5.74) is 1.86. The molecule has 1 aromatic carbocycles. The number of esters is 2. The molecule has 0 saturated heterocycles. The van der Waals surface area contributed by atoms with E-state index in [9.17, 15) is 14.4 Å². The van der Waals surface area contributed by atoms with Crippen LogP contribution in [0.4, 0.5) is 5.69 Å². The first kappa shape index (κ1) is 22.1. The van der Waals surface area contributed by atoms with Crippen molar-refractivity contribution < 1.29 is 28.4 Å². The van der Waals surface area contributed by atoms with Gasteiger partial charge in [-0.15, -0.1) is 0 Å². The van der Waals surface area contributed by atoms with Crippen LogP contribution < -0.4 is 9.88 Å². The lowest BCUT2D eigenvalue weighted by atomic mass is 9.95. The summed E-state index contributed by atoms with van der Waals surface area (Å²) in [4.78, 5) is 36.2. The molecule has 154 valence electrons. The second-order valence-corrected chi connectivity index (χ2v) is 6.65. The lowest BCUT2D eigenvalue weighted by Gasteiger charge is -2.11. The van der Waals surface area contributed by atoms with Crippen LogP contribution in [0.5, 0.6) is 0 Å². The summed E-state index contributed by atoms with van der Waals surface area (Å²) >= 11 is 0. The average molecular weight is 399 g/mol. The fraction of sp³-hybridized carbons (Fsp3) is 0.364. The number of rotatable bonds is 8. The number of nitrogens with one attached hydrogen (secondary N) is 1. The third-order valence-electron chi connectivity index (χ3n) is 4.76. The standard InChI is InChI=1S/C22H26N2O5/c1-5-15(6-2)16-7-9-24(10-8-16)14-20(25)23-19-12-17(21(26)28-3)11-18(13-19)22(27)29-4/h7-13,15H,5-6,14H2,1-4H3/p+1. The molecule has 1 amide bonds. The number of ether oxygens (including phenoxy) is 2. The van der Waals surface area contributed by atoms with Crippen LogP contribution in [0.2, 0.25) is 0 Å². The maximum atomic E-state index is 12.5. The third kappa shape index (κ3) is 5.88. The molecule has 0 aliphatic rings. The molecule has 0 aliphatic carbocycles. The number of benzene rings is 1. The summed E-state index contributed by atoms with van der Waals surface area (Å²) in [7, 11) is 2.49. The molecule has 0 unspecified atom stereocenters. The van der Waals surface area contributed by atoms with Gasteiger partial charge in [0.2, 0.25) is 6.54 Å². The summed E-state index contributed by atoms with van der Waals surface area (Å²) in [5, 5.41) is 2.71. The molecule has 0 bridgehead atoms. The molecule has 1 heterocycles. The molecule has 7 nitrogen and oxygen atoms in total. The van der Waals surface area contributed by atoms with Gasteiger partial charge in [-0.05, 0) is 42.5 Å². The van der Waals surface area contributed by atoms with Gasteiger partial charge in [0.25, 0.3) is 5.91 Å². The Balaban J connectivity index is 2.15. The highest BCUT2D eigenvalue weighted by atomic mass is 16.5. The molecule has 1 N–H and O–H groups in total. The van der Waals surface area contributed by atoms with Crippen molar-refractivity contribution in [2.75, 3.05) is 19.5 Å².